The molecule has 0 unspecified atom stereocenters. The highest BCUT2D eigenvalue weighted by molar-refractivity contribution is 6.39. The zero-order valence-corrected chi connectivity index (χ0v) is 19.3. The van der Waals surface area contributed by atoms with Crippen molar-refractivity contribution in [2.24, 2.45) is 0 Å². The summed E-state index contributed by atoms with van der Waals surface area (Å²) in [6, 6.07) is 5.08. The maximum Gasteiger partial charge on any atom is 0.344 e. The molecule has 0 aliphatic rings. The van der Waals surface area contributed by atoms with Gasteiger partial charge >= 0.3 is 5.97 Å². The van der Waals surface area contributed by atoms with Crippen LogP contribution in [-0.2, 0) is 9.53 Å². The molecule has 0 bridgehead atoms. The summed E-state index contributed by atoms with van der Waals surface area (Å²) in [6.07, 6.45) is 0. The Balaban J connectivity index is 1.87. The molecule has 10 heteroatoms. The fourth-order valence-corrected chi connectivity index (χ4v) is 3.75. The highest BCUT2D eigenvalue weighted by atomic mass is 35.5. The van der Waals surface area contributed by atoms with Gasteiger partial charge < -0.3 is 13.9 Å². The Hall–Kier alpha value is -3.10. The van der Waals surface area contributed by atoms with Crippen LogP contribution in [0.3, 0.4) is 0 Å². The van der Waals surface area contributed by atoms with Crippen molar-refractivity contribution in [1.29, 1.82) is 0 Å². The van der Waals surface area contributed by atoms with Crippen LogP contribution >= 0.6 is 23.2 Å². The molecule has 0 saturated heterocycles. The van der Waals surface area contributed by atoms with Crippen LogP contribution in [-0.4, -0.2) is 35.9 Å². The number of hydrogen-bond donors (Lipinski definition) is 1. The Bertz CT molecular complexity index is 1240. The SMILES string of the molecule is CCOC(=O)c1c(NC(=O)COc2c(Cl)cc(Cl)c3ccc(C)nc23)oc(C)c1C(C)=O. The number of carbonyl (C=O) groups excluding carboxylic acids is 3. The van der Waals surface area contributed by atoms with Gasteiger partial charge in [0, 0.05) is 11.1 Å². The first-order valence-electron chi connectivity index (χ1n) is 9.63. The summed E-state index contributed by atoms with van der Waals surface area (Å²) in [5, 5.41) is 3.66. The molecule has 0 spiro atoms. The van der Waals surface area contributed by atoms with Gasteiger partial charge in [-0.3, -0.25) is 14.9 Å². The lowest BCUT2D eigenvalue weighted by molar-refractivity contribution is -0.118. The number of aryl methyl sites for hydroxylation is 2. The second kappa shape index (κ2) is 9.58. The van der Waals surface area contributed by atoms with Crippen LogP contribution in [0.15, 0.2) is 22.6 Å². The van der Waals surface area contributed by atoms with Gasteiger partial charge in [-0.15, -0.1) is 0 Å². The molecule has 0 aliphatic carbocycles. The van der Waals surface area contributed by atoms with Crippen molar-refractivity contribution in [1.82, 2.24) is 4.98 Å². The summed E-state index contributed by atoms with van der Waals surface area (Å²) < 4.78 is 16.1. The van der Waals surface area contributed by atoms with E-state index in [9.17, 15) is 14.4 Å². The third kappa shape index (κ3) is 4.71. The normalized spacial score (nSPS) is 10.8. The zero-order chi connectivity index (χ0) is 23.6. The van der Waals surface area contributed by atoms with Gasteiger partial charge in [-0.2, -0.15) is 0 Å². The zero-order valence-electron chi connectivity index (χ0n) is 17.8. The van der Waals surface area contributed by atoms with E-state index < -0.39 is 24.3 Å². The van der Waals surface area contributed by atoms with Gasteiger partial charge in [0.05, 0.1) is 22.2 Å². The van der Waals surface area contributed by atoms with E-state index in [1.165, 1.54) is 19.9 Å². The number of esters is 1. The molecule has 3 rings (SSSR count). The minimum absolute atomic E-state index is 0.0473. The third-order valence-electron chi connectivity index (χ3n) is 4.49. The number of amides is 1. The Morgan fingerprint density at radius 3 is 2.50 bits per heavy atom. The molecular formula is C22H20Cl2N2O6. The predicted molar refractivity (Wildman–Crippen MR) is 120 cm³/mol. The molecule has 0 saturated carbocycles. The first-order valence-corrected chi connectivity index (χ1v) is 10.4. The second-order valence-corrected chi connectivity index (χ2v) is 7.68. The maximum absolute atomic E-state index is 12.6. The molecule has 2 heterocycles. The number of aromatic nitrogens is 1. The van der Waals surface area contributed by atoms with E-state index in [0.29, 0.717) is 21.6 Å². The van der Waals surface area contributed by atoms with E-state index >= 15 is 0 Å². The smallest absolute Gasteiger partial charge is 0.344 e. The summed E-state index contributed by atoms with van der Waals surface area (Å²) in [6.45, 7) is 5.85. The van der Waals surface area contributed by atoms with Crippen LogP contribution in [0.1, 0.15) is 46.0 Å². The van der Waals surface area contributed by atoms with Gasteiger partial charge in [-0.25, -0.2) is 9.78 Å². The van der Waals surface area contributed by atoms with Gasteiger partial charge in [-0.1, -0.05) is 23.2 Å². The number of pyridine rings is 1. The van der Waals surface area contributed by atoms with Gasteiger partial charge in [-0.05, 0) is 45.9 Å². The Morgan fingerprint density at radius 2 is 1.84 bits per heavy atom. The van der Waals surface area contributed by atoms with Crippen molar-refractivity contribution in [3.8, 4) is 5.75 Å². The summed E-state index contributed by atoms with van der Waals surface area (Å²) in [5.41, 5.74) is 1.03. The number of hydrogen-bond acceptors (Lipinski definition) is 7. The molecule has 32 heavy (non-hydrogen) atoms. The molecule has 1 amide bonds. The van der Waals surface area contributed by atoms with Crippen molar-refractivity contribution in [2.75, 3.05) is 18.5 Å². The Labute approximate surface area is 193 Å². The topological polar surface area (TPSA) is 108 Å². The van der Waals surface area contributed by atoms with Crippen molar-refractivity contribution < 1.29 is 28.3 Å². The number of Topliss-reactive ketones (excluding diaryl/α,β-unsaturated/α-hetero) is 1. The number of halogens is 2. The van der Waals surface area contributed by atoms with Crippen LogP contribution in [0, 0.1) is 13.8 Å². The number of fused-ring (bicyclic) bond motifs is 1. The summed E-state index contributed by atoms with van der Waals surface area (Å²) >= 11 is 12.5. The number of anilines is 1. The Kier molecular flexibility index (Phi) is 7.06. The fraction of sp³-hybridized carbons (Fsp3) is 0.273. The van der Waals surface area contributed by atoms with E-state index in [1.54, 1.807) is 26.0 Å². The van der Waals surface area contributed by atoms with E-state index in [1.807, 2.05) is 0 Å². The second-order valence-electron chi connectivity index (χ2n) is 6.87. The number of carbonyl (C=O) groups is 3. The quantitative estimate of drug-likeness (QED) is 0.369. The average molecular weight is 479 g/mol. The monoisotopic (exact) mass is 478 g/mol. The number of nitrogens with zero attached hydrogens (tertiary/aromatic N) is 1. The minimum atomic E-state index is -0.780. The molecular weight excluding hydrogens is 459 g/mol. The summed E-state index contributed by atoms with van der Waals surface area (Å²) in [4.78, 5) is 41.3. The van der Waals surface area contributed by atoms with Crippen molar-refractivity contribution >= 4 is 57.6 Å². The number of ketones is 1. The van der Waals surface area contributed by atoms with Gasteiger partial charge in [0.25, 0.3) is 5.91 Å². The number of benzene rings is 1. The van der Waals surface area contributed by atoms with Crippen molar-refractivity contribution in [3.63, 3.8) is 0 Å². The highest BCUT2D eigenvalue weighted by Crippen LogP contribution is 2.37. The van der Waals surface area contributed by atoms with Crippen LogP contribution in [0.5, 0.6) is 5.75 Å². The molecule has 0 aliphatic heterocycles. The van der Waals surface area contributed by atoms with Crippen LogP contribution in [0.25, 0.3) is 10.9 Å². The van der Waals surface area contributed by atoms with Crippen molar-refractivity contribution in [2.45, 2.75) is 27.7 Å². The van der Waals surface area contributed by atoms with E-state index in [4.69, 9.17) is 37.1 Å². The van der Waals surface area contributed by atoms with Crippen molar-refractivity contribution in [3.05, 3.63) is 50.8 Å². The first-order chi connectivity index (χ1) is 15.1. The Morgan fingerprint density at radius 1 is 1.12 bits per heavy atom. The molecule has 168 valence electrons. The molecule has 3 aromatic rings. The van der Waals surface area contributed by atoms with E-state index in [-0.39, 0.29) is 40.2 Å². The summed E-state index contributed by atoms with van der Waals surface area (Å²) in [7, 11) is 0. The lowest BCUT2D eigenvalue weighted by Crippen LogP contribution is -2.22. The van der Waals surface area contributed by atoms with Gasteiger partial charge in [0.2, 0.25) is 5.88 Å². The fourth-order valence-electron chi connectivity index (χ4n) is 3.18. The van der Waals surface area contributed by atoms with Crippen LogP contribution in [0.4, 0.5) is 5.88 Å². The average Bonchev–Trinajstić information content (AvgIpc) is 3.03. The van der Waals surface area contributed by atoms with E-state index in [2.05, 4.69) is 10.3 Å². The predicted octanol–water partition coefficient (Wildman–Crippen LogP) is 5.15. The van der Waals surface area contributed by atoms with Crippen LogP contribution < -0.4 is 10.1 Å². The van der Waals surface area contributed by atoms with Crippen LogP contribution in [0.2, 0.25) is 10.0 Å². The minimum Gasteiger partial charge on any atom is -0.480 e. The number of rotatable bonds is 7. The molecule has 0 atom stereocenters. The van der Waals surface area contributed by atoms with Gasteiger partial charge in [0.1, 0.15) is 16.8 Å². The standard InChI is InChI=1S/C22H20Cl2N2O6/c1-5-30-22(29)18-17(11(3)27)12(4)32-21(18)26-16(28)9-31-20-15(24)8-14(23)13-7-6-10(2)25-19(13)20/h6-8H,5,9H2,1-4H3,(H,26,28). The highest BCUT2D eigenvalue weighted by Gasteiger charge is 2.29. The molecule has 8 nitrogen and oxygen atoms in total. The molecule has 0 radical (unpaired) electrons. The largest absolute Gasteiger partial charge is 0.480 e. The first kappa shape index (κ1) is 23.6. The number of ether oxygens (including phenoxy) is 2. The third-order valence-corrected chi connectivity index (χ3v) is 5.09. The maximum atomic E-state index is 12.6. The molecule has 0 fully saturated rings. The molecule has 1 aromatic carbocycles. The van der Waals surface area contributed by atoms with Gasteiger partial charge in [0.15, 0.2) is 18.1 Å². The number of nitrogens with one attached hydrogen (secondary N) is 1. The molecule has 1 N–H and O–H groups in total. The van der Waals surface area contributed by atoms with E-state index in [0.717, 1.165) is 0 Å². The summed E-state index contributed by atoms with van der Waals surface area (Å²) in [5.74, 6) is -1.64. The number of furan rings is 1. The lowest BCUT2D eigenvalue weighted by atomic mass is 10.1. The lowest BCUT2D eigenvalue weighted by Gasteiger charge is -2.12. The molecule has 2 aromatic heterocycles.